The highest BCUT2D eigenvalue weighted by Gasteiger charge is 2.34. The molecule has 0 radical (unpaired) electrons. The first-order valence-electron chi connectivity index (χ1n) is 8.18. The maximum atomic E-state index is 12.4. The second-order valence-corrected chi connectivity index (χ2v) is 8.57. The lowest BCUT2D eigenvalue weighted by Gasteiger charge is -2.28. The lowest BCUT2D eigenvalue weighted by atomic mass is 10.2. The number of para-hydroxylation sites is 1. The largest absolute Gasteiger partial charge is 0.339 e. The lowest BCUT2D eigenvalue weighted by molar-refractivity contribution is 0.0934. The Labute approximate surface area is 182 Å². The number of rotatable bonds is 4. The van der Waals surface area contributed by atoms with Crippen molar-refractivity contribution >= 4 is 74.6 Å². The van der Waals surface area contributed by atoms with E-state index in [1.807, 2.05) is 30.3 Å². The third-order valence-electron chi connectivity index (χ3n) is 3.80. The van der Waals surface area contributed by atoms with Gasteiger partial charge in [0, 0.05) is 17.1 Å². The summed E-state index contributed by atoms with van der Waals surface area (Å²) < 4.78 is -1.84. The van der Waals surface area contributed by atoms with E-state index in [0.29, 0.717) is 11.3 Å². The Hall–Kier alpha value is -2.12. The predicted octanol–water partition coefficient (Wildman–Crippen LogP) is 4.65. The Morgan fingerprint density at radius 1 is 0.964 bits per heavy atom. The van der Waals surface area contributed by atoms with E-state index >= 15 is 0 Å². The van der Waals surface area contributed by atoms with Gasteiger partial charge < -0.3 is 16.0 Å². The summed E-state index contributed by atoms with van der Waals surface area (Å²) in [5, 5.41) is 9.62. The number of carbonyl (C=O) groups is 1. The van der Waals surface area contributed by atoms with Gasteiger partial charge in [-0.1, -0.05) is 71.2 Å². The van der Waals surface area contributed by atoms with Gasteiger partial charge in [0.1, 0.15) is 6.17 Å². The van der Waals surface area contributed by atoms with Crippen molar-refractivity contribution in [2.75, 3.05) is 5.32 Å². The number of hydrogen-bond acceptors (Lipinski definition) is 3. The molecule has 1 aromatic heterocycles. The highest BCUT2D eigenvalue weighted by Crippen LogP contribution is 2.29. The van der Waals surface area contributed by atoms with Gasteiger partial charge in [-0.15, -0.1) is 0 Å². The van der Waals surface area contributed by atoms with Gasteiger partial charge in [0.15, 0.2) is 5.11 Å². The van der Waals surface area contributed by atoms with Gasteiger partial charge in [0.05, 0.1) is 11.2 Å². The van der Waals surface area contributed by atoms with E-state index in [4.69, 9.17) is 47.0 Å². The van der Waals surface area contributed by atoms with Crippen LogP contribution in [0.15, 0.2) is 66.9 Å². The average Bonchev–Trinajstić information content (AvgIpc) is 2.67. The molecule has 0 spiro atoms. The van der Waals surface area contributed by atoms with Crippen molar-refractivity contribution in [2.45, 2.75) is 9.96 Å². The minimum absolute atomic E-state index is 0.169. The van der Waals surface area contributed by atoms with Crippen molar-refractivity contribution in [2.24, 2.45) is 0 Å². The van der Waals surface area contributed by atoms with Gasteiger partial charge in [-0.2, -0.15) is 0 Å². The van der Waals surface area contributed by atoms with Crippen LogP contribution in [0.2, 0.25) is 0 Å². The second-order valence-electron chi connectivity index (χ2n) is 5.79. The van der Waals surface area contributed by atoms with Gasteiger partial charge >= 0.3 is 0 Å². The van der Waals surface area contributed by atoms with Gasteiger partial charge in [0.25, 0.3) is 5.91 Å². The number of benzene rings is 2. The van der Waals surface area contributed by atoms with Crippen molar-refractivity contribution in [3.63, 3.8) is 0 Å². The van der Waals surface area contributed by atoms with Crippen molar-refractivity contribution < 1.29 is 4.79 Å². The van der Waals surface area contributed by atoms with E-state index in [9.17, 15) is 4.79 Å². The summed E-state index contributed by atoms with van der Waals surface area (Å²) in [6.07, 6.45) is 0.627. The zero-order chi connectivity index (χ0) is 20.1. The third kappa shape index (κ3) is 5.23. The molecule has 0 bridgehead atoms. The molecule has 144 valence electrons. The average molecular weight is 454 g/mol. The Morgan fingerprint density at radius 3 is 2.39 bits per heavy atom. The van der Waals surface area contributed by atoms with Crippen LogP contribution in [0.5, 0.6) is 0 Å². The molecule has 5 nitrogen and oxygen atoms in total. The number of amides is 1. The van der Waals surface area contributed by atoms with Crippen LogP contribution in [-0.4, -0.2) is 26.0 Å². The first-order chi connectivity index (χ1) is 13.3. The molecule has 0 fully saturated rings. The zero-order valence-electron chi connectivity index (χ0n) is 14.3. The molecule has 9 heteroatoms. The Bertz CT molecular complexity index is 990. The first-order valence-corrected chi connectivity index (χ1v) is 9.73. The number of alkyl halides is 3. The topological polar surface area (TPSA) is 66.1 Å². The molecular formula is C19H15Cl3N4OS. The molecule has 0 aliphatic rings. The Morgan fingerprint density at radius 2 is 1.68 bits per heavy atom. The van der Waals surface area contributed by atoms with E-state index in [0.717, 1.165) is 10.9 Å². The molecule has 3 N–H and O–H groups in total. The van der Waals surface area contributed by atoms with Gasteiger partial charge in [0.2, 0.25) is 3.79 Å². The monoisotopic (exact) mass is 452 g/mol. The summed E-state index contributed by atoms with van der Waals surface area (Å²) in [7, 11) is 0. The van der Waals surface area contributed by atoms with Crippen LogP contribution in [0.3, 0.4) is 0 Å². The SMILES string of the molecule is O=C(N[C@@H](NC(=S)Nc1cccc2cccnc12)C(Cl)(Cl)Cl)c1ccccc1. The van der Waals surface area contributed by atoms with Crippen LogP contribution in [-0.2, 0) is 0 Å². The highest BCUT2D eigenvalue weighted by molar-refractivity contribution is 7.80. The molecule has 0 aliphatic carbocycles. The molecule has 1 heterocycles. The smallest absolute Gasteiger partial charge is 0.252 e. The van der Waals surface area contributed by atoms with Crippen LogP contribution in [0, 0.1) is 0 Å². The molecule has 1 amide bonds. The highest BCUT2D eigenvalue weighted by atomic mass is 35.6. The molecular weight excluding hydrogens is 439 g/mol. The standard InChI is InChI=1S/C19H15Cl3N4OS/c20-19(21,22)17(25-16(27)13-6-2-1-3-7-13)26-18(28)24-14-10-4-8-12-9-5-11-23-15(12)14/h1-11,17H,(H,25,27)(H2,24,26,28)/t17-/m0/s1. The molecule has 3 aromatic rings. The summed E-state index contributed by atoms with van der Waals surface area (Å²) in [5.41, 5.74) is 1.86. The summed E-state index contributed by atoms with van der Waals surface area (Å²) in [4.78, 5) is 16.8. The quantitative estimate of drug-likeness (QED) is 0.305. The van der Waals surface area contributed by atoms with Gasteiger partial charge in [-0.05, 0) is 36.5 Å². The summed E-state index contributed by atoms with van der Waals surface area (Å²) in [6, 6.07) is 18.0. The summed E-state index contributed by atoms with van der Waals surface area (Å²) in [6.45, 7) is 0. The minimum atomic E-state index is -1.84. The normalized spacial score (nSPS) is 12.2. The molecule has 0 saturated carbocycles. The molecule has 1 atom stereocenters. The molecule has 2 aromatic carbocycles. The number of anilines is 1. The fourth-order valence-corrected chi connectivity index (χ4v) is 3.05. The number of thiocarbonyl (C=S) groups is 1. The van der Waals surface area contributed by atoms with E-state index in [-0.39, 0.29) is 5.11 Å². The molecule has 3 rings (SSSR count). The van der Waals surface area contributed by atoms with E-state index in [1.54, 1.807) is 36.5 Å². The predicted molar refractivity (Wildman–Crippen MR) is 119 cm³/mol. The molecule has 0 saturated heterocycles. The van der Waals surface area contributed by atoms with Gasteiger partial charge in [-0.3, -0.25) is 9.78 Å². The number of nitrogens with one attached hydrogen (secondary N) is 3. The number of halogens is 3. The van der Waals surface area contributed by atoms with E-state index in [1.165, 1.54) is 0 Å². The Balaban J connectivity index is 1.74. The summed E-state index contributed by atoms with van der Waals surface area (Å²) >= 11 is 23.4. The fourth-order valence-electron chi connectivity index (χ4n) is 2.50. The zero-order valence-corrected chi connectivity index (χ0v) is 17.4. The number of carbonyl (C=O) groups excluding carboxylic acids is 1. The van der Waals surface area contributed by atoms with Crippen LogP contribution < -0.4 is 16.0 Å². The third-order valence-corrected chi connectivity index (χ3v) is 4.67. The first kappa shape index (κ1) is 20.6. The van der Waals surface area contributed by atoms with Gasteiger partial charge in [-0.25, -0.2) is 0 Å². The van der Waals surface area contributed by atoms with Crippen molar-refractivity contribution in [1.29, 1.82) is 0 Å². The fraction of sp³-hybridized carbons (Fsp3) is 0.105. The van der Waals surface area contributed by atoms with Crippen LogP contribution in [0.1, 0.15) is 10.4 Å². The van der Waals surface area contributed by atoms with Crippen LogP contribution >= 0.6 is 47.0 Å². The molecule has 0 unspecified atom stereocenters. The van der Waals surface area contributed by atoms with Crippen LogP contribution in [0.4, 0.5) is 5.69 Å². The Kier molecular flexibility index (Phi) is 6.57. The van der Waals surface area contributed by atoms with E-state index in [2.05, 4.69) is 20.9 Å². The maximum Gasteiger partial charge on any atom is 0.252 e. The van der Waals surface area contributed by atoms with Crippen molar-refractivity contribution in [1.82, 2.24) is 15.6 Å². The minimum Gasteiger partial charge on any atom is -0.339 e. The second kappa shape index (κ2) is 8.92. The van der Waals surface area contributed by atoms with Crippen LogP contribution in [0.25, 0.3) is 10.9 Å². The number of hydrogen-bond donors (Lipinski definition) is 3. The van der Waals surface area contributed by atoms with E-state index < -0.39 is 15.9 Å². The molecule has 0 aliphatic heterocycles. The number of nitrogens with zero attached hydrogens (tertiary/aromatic N) is 1. The number of pyridine rings is 1. The lowest BCUT2D eigenvalue weighted by Crippen LogP contribution is -2.56. The maximum absolute atomic E-state index is 12.4. The molecule has 28 heavy (non-hydrogen) atoms. The summed E-state index contributed by atoms with van der Waals surface area (Å²) in [5.74, 6) is -0.404. The number of fused-ring (bicyclic) bond motifs is 1. The number of aromatic nitrogens is 1. The van der Waals surface area contributed by atoms with Crippen molar-refractivity contribution in [3.8, 4) is 0 Å². The van der Waals surface area contributed by atoms with Crippen molar-refractivity contribution in [3.05, 3.63) is 72.4 Å².